The van der Waals surface area contributed by atoms with Crippen LogP contribution in [0.2, 0.25) is 0 Å². The molecule has 0 aliphatic rings. The normalized spacial score (nSPS) is 10.4. The molecular weight excluding hydrogens is 337 g/mol. The quantitative estimate of drug-likeness (QED) is 0.798. The number of rotatable bonds is 4. The molecule has 2 aromatic heterocycles. The minimum Gasteiger partial charge on any atom is -0.476 e. The third kappa shape index (κ3) is 2.88. The second kappa shape index (κ2) is 5.53. The molecule has 4 nitrogen and oxygen atoms in total. The fourth-order valence-electron chi connectivity index (χ4n) is 1.21. The summed E-state index contributed by atoms with van der Waals surface area (Å²) in [5.74, 6) is 0.651. The molecule has 0 amide bonds. The van der Waals surface area contributed by atoms with Gasteiger partial charge in [0.15, 0.2) is 0 Å². The van der Waals surface area contributed by atoms with E-state index in [-0.39, 0.29) is 0 Å². The molecule has 0 aliphatic carbocycles. The largest absolute Gasteiger partial charge is 0.476 e. The molecule has 2 aromatic rings. The predicted octanol–water partition coefficient (Wildman–Crippen LogP) is 2.47. The van der Waals surface area contributed by atoms with Crippen LogP contribution in [-0.2, 0) is 6.42 Å². The first-order valence-corrected chi connectivity index (χ1v) is 6.70. The predicted molar refractivity (Wildman–Crippen MR) is 70.8 cm³/mol. The summed E-state index contributed by atoms with van der Waals surface area (Å²) in [5.41, 5.74) is 2.95. The van der Waals surface area contributed by atoms with Crippen molar-refractivity contribution in [3.63, 3.8) is 0 Å². The van der Waals surface area contributed by atoms with Crippen molar-refractivity contribution in [2.24, 2.45) is 0 Å². The van der Waals surface area contributed by atoms with Crippen LogP contribution in [0.4, 0.5) is 0 Å². The van der Waals surface area contributed by atoms with Gasteiger partial charge >= 0.3 is 0 Å². The molecule has 0 saturated heterocycles. The van der Waals surface area contributed by atoms with Crippen LogP contribution in [-0.4, -0.2) is 21.6 Å². The Morgan fingerprint density at radius 2 is 2.31 bits per heavy atom. The highest BCUT2D eigenvalue weighted by atomic mass is 127. The molecule has 0 aromatic carbocycles. The van der Waals surface area contributed by atoms with Crippen LogP contribution in [0.25, 0.3) is 0 Å². The maximum atomic E-state index is 5.59. The summed E-state index contributed by atoms with van der Waals surface area (Å²) in [5, 5.41) is 0. The monoisotopic (exact) mass is 347 g/mol. The number of aromatic nitrogens is 3. The first kappa shape index (κ1) is 11.7. The van der Waals surface area contributed by atoms with Crippen molar-refractivity contribution in [1.29, 1.82) is 0 Å². The van der Waals surface area contributed by atoms with Gasteiger partial charge in [0.2, 0.25) is 5.88 Å². The molecule has 0 radical (unpaired) electrons. The highest BCUT2D eigenvalue weighted by Crippen LogP contribution is 2.17. The Morgan fingerprint density at radius 3 is 3.00 bits per heavy atom. The Kier molecular flexibility index (Phi) is 4.05. The Morgan fingerprint density at radius 1 is 1.44 bits per heavy atom. The van der Waals surface area contributed by atoms with Gasteiger partial charge < -0.3 is 4.74 Å². The molecule has 2 heterocycles. The van der Waals surface area contributed by atoms with Crippen molar-refractivity contribution in [2.75, 3.05) is 6.61 Å². The second-order valence-corrected chi connectivity index (χ2v) is 5.24. The lowest BCUT2D eigenvalue weighted by molar-refractivity contribution is 0.307. The third-order valence-electron chi connectivity index (χ3n) is 2.05. The minimum atomic E-state index is 0.621. The van der Waals surface area contributed by atoms with Gasteiger partial charge in [0.05, 0.1) is 21.4 Å². The molecule has 6 heteroatoms. The molecule has 0 unspecified atom stereocenters. The zero-order chi connectivity index (χ0) is 11.4. The van der Waals surface area contributed by atoms with Crippen LogP contribution in [0.5, 0.6) is 5.88 Å². The van der Waals surface area contributed by atoms with Crippen LogP contribution in [0, 0.1) is 10.5 Å². The van der Waals surface area contributed by atoms with E-state index in [0.717, 1.165) is 15.7 Å². The molecule has 0 spiro atoms. The van der Waals surface area contributed by atoms with Crippen LogP contribution in [0.1, 0.15) is 10.6 Å². The van der Waals surface area contributed by atoms with Crippen molar-refractivity contribution < 1.29 is 4.74 Å². The van der Waals surface area contributed by atoms with Crippen molar-refractivity contribution >= 4 is 33.9 Å². The first-order valence-electron chi connectivity index (χ1n) is 4.74. The molecular formula is C10H10IN3OS. The summed E-state index contributed by atoms with van der Waals surface area (Å²) < 4.78 is 6.52. The van der Waals surface area contributed by atoms with E-state index < -0.39 is 0 Å². The molecule has 2 rings (SSSR count). The van der Waals surface area contributed by atoms with E-state index in [1.54, 1.807) is 17.5 Å². The second-order valence-electron chi connectivity index (χ2n) is 3.14. The summed E-state index contributed by atoms with van der Waals surface area (Å²) in [7, 11) is 0. The van der Waals surface area contributed by atoms with Crippen molar-refractivity contribution in [1.82, 2.24) is 15.0 Å². The van der Waals surface area contributed by atoms with Crippen LogP contribution < -0.4 is 4.74 Å². The molecule has 0 saturated carbocycles. The minimum absolute atomic E-state index is 0.621. The lowest BCUT2D eigenvalue weighted by Crippen LogP contribution is -2.04. The van der Waals surface area contributed by atoms with Gasteiger partial charge in [-0.15, -0.1) is 11.3 Å². The van der Waals surface area contributed by atoms with Gasteiger partial charge in [-0.05, 0) is 29.5 Å². The van der Waals surface area contributed by atoms with Gasteiger partial charge in [0.1, 0.15) is 6.33 Å². The molecule has 0 bridgehead atoms. The van der Waals surface area contributed by atoms with Crippen molar-refractivity contribution in [3.8, 4) is 5.88 Å². The van der Waals surface area contributed by atoms with Gasteiger partial charge in [0, 0.05) is 17.5 Å². The smallest absolute Gasteiger partial charge is 0.230 e. The number of halogens is 1. The summed E-state index contributed by atoms with van der Waals surface area (Å²) in [6.45, 7) is 2.64. The van der Waals surface area contributed by atoms with E-state index in [4.69, 9.17) is 4.74 Å². The van der Waals surface area contributed by atoms with E-state index in [0.29, 0.717) is 12.5 Å². The van der Waals surface area contributed by atoms with Gasteiger partial charge in [-0.25, -0.2) is 15.0 Å². The number of hydrogen-bond donors (Lipinski definition) is 0. The summed E-state index contributed by atoms with van der Waals surface area (Å²) in [6, 6.07) is 0. The van der Waals surface area contributed by atoms with Crippen LogP contribution in [0.3, 0.4) is 0 Å². The maximum Gasteiger partial charge on any atom is 0.230 e. The SMILES string of the molecule is Cc1ncsc1CCOc1ncncc1I. The maximum absolute atomic E-state index is 5.59. The summed E-state index contributed by atoms with van der Waals surface area (Å²) >= 11 is 3.82. The number of ether oxygens (including phenoxy) is 1. The zero-order valence-corrected chi connectivity index (χ0v) is 11.7. The highest BCUT2D eigenvalue weighted by molar-refractivity contribution is 14.1. The third-order valence-corrected chi connectivity index (χ3v) is 3.78. The number of hydrogen-bond acceptors (Lipinski definition) is 5. The molecule has 0 N–H and O–H groups in total. The first-order chi connectivity index (χ1) is 7.77. The van der Waals surface area contributed by atoms with E-state index in [1.165, 1.54) is 11.2 Å². The topological polar surface area (TPSA) is 47.9 Å². The Balaban J connectivity index is 1.89. The Bertz CT molecular complexity index is 475. The Hall–Kier alpha value is -0.760. The Labute approximate surface area is 111 Å². The average Bonchev–Trinajstić information content (AvgIpc) is 2.67. The molecule has 84 valence electrons. The number of nitrogens with zero attached hydrogens (tertiary/aromatic N) is 3. The fraction of sp³-hybridized carbons (Fsp3) is 0.300. The van der Waals surface area contributed by atoms with Crippen molar-refractivity contribution in [2.45, 2.75) is 13.3 Å². The van der Waals surface area contributed by atoms with Gasteiger partial charge in [0.25, 0.3) is 0 Å². The number of thiazole rings is 1. The molecule has 16 heavy (non-hydrogen) atoms. The summed E-state index contributed by atoms with van der Waals surface area (Å²) in [4.78, 5) is 13.4. The van der Waals surface area contributed by atoms with Gasteiger partial charge in [-0.2, -0.15) is 0 Å². The highest BCUT2D eigenvalue weighted by Gasteiger charge is 2.04. The van der Waals surface area contributed by atoms with Crippen molar-refractivity contribution in [3.05, 3.63) is 32.2 Å². The lowest BCUT2D eigenvalue weighted by Gasteiger charge is -2.05. The fourth-order valence-corrected chi connectivity index (χ4v) is 2.43. The summed E-state index contributed by atoms with van der Waals surface area (Å²) in [6.07, 6.45) is 4.10. The van der Waals surface area contributed by atoms with Gasteiger partial charge in [-0.1, -0.05) is 0 Å². The van der Waals surface area contributed by atoms with Gasteiger partial charge in [-0.3, -0.25) is 0 Å². The lowest BCUT2D eigenvalue weighted by atomic mass is 10.3. The van der Waals surface area contributed by atoms with E-state index in [2.05, 4.69) is 37.5 Å². The van der Waals surface area contributed by atoms with Crippen LogP contribution >= 0.6 is 33.9 Å². The zero-order valence-electron chi connectivity index (χ0n) is 8.68. The molecule has 0 fully saturated rings. The molecule has 0 aliphatic heterocycles. The van der Waals surface area contributed by atoms with Crippen LogP contribution in [0.15, 0.2) is 18.0 Å². The number of aryl methyl sites for hydroxylation is 1. The van der Waals surface area contributed by atoms with E-state index in [9.17, 15) is 0 Å². The average molecular weight is 347 g/mol. The standard InChI is InChI=1S/C10H10IN3OS/c1-7-9(16-6-14-7)2-3-15-10-8(11)4-12-5-13-10/h4-6H,2-3H2,1H3. The van der Waals surface area contributed by atoms with E-state index >= 15 is 0 Å². The molecule has 0 atom stereocenters. The van der Waals surface area contributed by atoms with E-state index in [1.807, 2.05) is 12.4 Å².